The fourth-order valence-electron chi connectivity index (χ4n) is 2.18. The monoisotopic (exact) mass is 242 g/mol. The zero-order valence-electron chi connectivity index (χ0n) is 10.8. The van der Waals surface area contributed by atoms with Crippen LogP contribution in [0, 0.1) is 10.8 Å². The van der Waals surface area contributed by atoms with Gasteiger partial charge in [0.15, 0.2) is 0 Å². The molecule has 0 aromatic heterocycles. The molecule has 1 aliphatic heterocycles. The van der Waals surface area contributed by atoms with Crippen LogP contribution in [0.5, 0.6) is 0 Å². The van der Waals surface area contributed by atoms with Crippen LogP contribution in [-0.2, 0) is 9.59 Å². The first-order chi connectivity index (χ1) is 7.79. The van der Waals surface area contributed by atoms with E-state index in [0.717, 1.165) is 0 Å². The van der Waals surface area contributed by atoms with Crippen LogP contribution in [0.15, 0.2) is 0 Å². The third kappa shape index (κ3) is 2.44. The lowest BCUT2D eigenvalue weighted by atomic mass is 9.84. The van der Waals surface area contributed by atoms with E-state index in [9.17, 15) is 14.7 Å². The van der Waals surface area contributed by atoms with Crippen molar-refractivity contribution in [2.75, 3.05) is 19.6 Å². The molecule has 0 aromatic rings. The molecular weight excluding hydrogens is 220 g/mol. The van der Waals surface area contributed by atoms with Crippen LogP contribution >= 0.6 is 0 Å². The summed E-state index contributed by atoms with van der Waals surface area (Å²) < 4.78 is 0. The lowest BCUT2D eigenvalue weighted by molar-refractivity contribution is -0.149. The highest BCUT2D eigenvalue weighted by Gasteiger charge is 2.46. The Morgan fingerprint density at radius 2 is 2.06 bits per heavy atom. The van der Waals surface area contributed by atoms with Crippen molar-refractivity contribution >= 4 is 11.9 Å². The quantitative estimate of drug-likeness (QED) is 0.759. The van der Waals surface area contributed by atoms with Crippen molar-refractivity contribution in [2.24, 2.45) is 16.6 Å². The number of hydrogen-bond donors (Lipinski definition) is 2. The van der Waals surface area contributed by atoms with Crippen LogP contribution < -0.4 is 5.73 Å². The molecule has 0 saturated carbocycles. The molecule has 17 heavy (non-hydrogen) atoms. The number of hydrogen-bond acceptors (Lipinski definition) is 3. The summed E-state index contributed by atoms with van der Waals surface area (Å²) >= 11 is 0. The Labute approximate surface area is 102 Å². The van der Waals surface area contributed by atoms with Crippen LogP contribution in [0.2, 0.25) is 0 Å². The van der Waals surface area contributed by atoms with Gasteiger partial charge in [0.2, 0.25) is 5.91 Å². The minimum Gasteiger partial charge on any atom is -0.481 e. The highest BCUT2D eigenvalue weighted by Crippen LogP contribution is 2.35. The van der Waals surface area contributed by atoms with E-state index in [1.165, 1.54) is 0 Å². The van der Waals surface area contributed by atoms with Crippen LogP contribution in [0.1, 0.15) is 33.6 Å². The van der Waals surface area contributed by atoms with Gasteiger partial charge in [-0.05, 0) is 26.7 Å². The molecule has 1 saturated heterocycles. The maximum Gasteiger partial charge on any atom is 0.311 e. The molecule has 0 aliphatic carbocycles. The molecule has 0 bridgehead atoms. The van der Waals surface area contributed by atoms with Gasteiger partial charge in [-0.25, -0.2) is 0 Å². The summed E-state index contributed by atoms with van der Waals surface area (Å²) in [5, 5.41) is 9.26. The molecular formula is C12H22N2O3. The van der Waals surface area contributed by atoms with Gasteiger partial charge in [-0.1, -0.05) is 6.92 Å². The topological polar surface area (TPSA) is 83.6 Å². The summed E-state index contributed by atoms with van der Waals surface area (Å²) in [5.74, 6) is -0.850. The average Bonchev–Trinajstić information content (AvgIpc) is 2.73. The van der Waals surface area contributed by atoms with E-state index in [0.29, 0.717) is 25.9 Å². The number of carbonyl (C=O) groups is 2. The van der Waals surface area contributed by atoms with E-state index < -0.39 is 16.8 Å². The van der Waals surface area contributed by atoms with E-state index >= 15 is 0 Å². The van der Waals surface area contributed by atoms with E-state index in [1.807, 2.05) is 6.92 Å². The predicted molar refractivity (Wildman–Crippen MR) is 64.4 cm³/mol. The first kappa shape index (κ1) is 14.0. The number of rotatable bonds is 4. The minimum atomic E-state index is -0.805. The zero-order chi connectivity index (χ0) is 13.3. The van der Waals surface area contributed by atoms with Crippen molar-refractivity contribution in [1.29, 1.82) is 0 Å². The highest BCUT2D eigenvalue weighted by atomic mass is 16.4. The summed E-state index contributed by atoms with van der Waals surface area (Å²) in [6.45, 7) is 6.54. The van der Waals surface area contributed by atoms with E-state index in [2.05, 4.69) is 0 Å². The standard InChI is InChI=1S/C12H22N2O3/c1-4-12(10(16)17)5-6-14(8-12)9(15)11(2,3)7-13/h4-8,13H2,1-3H3,(H,16,17). The van der Waals surface area contributed by atoms with Gasteiger partial charge < -0.3 is 15.7 Å². The summed E-state index contributed by atoms with van der Waals surface area (Å²) in [4.78, 5) is 25.1. The first-order valence-electron chi connectivity index (χ1n) is 6.02. The van der Waals surface area contributed by atoms with Gasteiger partial charge in [0.25, 0.3) is 0 Å². The second-order valence-electron chi connectivity index (χ2n) is 5.50. The molecule has 3 N–H and O–H groups in total. The fraction of sp³-hybridized carbons (Fsp3) is 0.833. The van der Waals surface area contributed by atoms with Gasteiger partial charge in [-0.3, -0.25) is 9.59 Å². The van der Waals surface area contributed by atoms with Crippen molar-refractivity contribution in [1.82, 2.24) is 4.90 Å². The number of aliphatic carboxylic acids is 1. The van der Waals surface area contributed by atoms with Crippen LogP contribution in [0.3, 0.4) is 0 Å². The lowest BCUT2D eigenvalue weighted by Crippen LogP contribution is -2.45. The Morgan fingerprint density at radius 3 is 2.41 bits per heavy atom. The smallest absolute Gasteiger partial charge is 0.311 e. The minimum absolute atomic E-state index is 0.0448. The molecule has 1 atom stereocenters. The maximum atomic E-state index is 12.2. The normalized spacial score (nSPS) is 25.1. The van der Waals surface area contributed by atoms with Gasteiger partial charge >= 0.3 is 5.97 Å². The Hall–Kier alpha value is -1.10. The number of likely N-dealkylation sites (tertiary alicyclic amines) is 1. The van der Waals surface area contributed by atoms with Crippen molar-refractivity contribution in [3.05, 3.63) is 0 Å². The molecule has 0 aromatic carbocycles. The number of carboxylic acids is 1. The molecule has 98 valence electrons. The Morgan fingerprint density at radius 1 is 1.47 bits per heavy atom. The third-order valence-corrected chi connectivity index (χ3v) is 3.86. The van der Waals surface area contributed by atoms with Crippen molar-refractivity contribution in [3.63, 3.8) is 0 Å². The third-order valence-electron chi connectivity index (χ3n) is 3.86. The van der Waals surface area contributed by atoms with E-state index in [-0.39, 0.29) is 12.5 Å². The Kier molecular flexibility index (Phi) is 3.81. The Bertz CT molecular complexity index is 328. The van der Waals surface area contributed by atoms with Gasteiger partial charge in [-0.2, -0.15) is 0 Å². The second-order valence-corrected chi connectivity index (χ2v) is 5.50. The number of carboxylic acid groups (broad SMARTS) is 1. The SMILES string of the molecule is CCC1(C(=O)O)CCN(C(=O)C(C)(C)CN)C1. The largest absolute Gasteiger partial charge is 0.481 e. The van der Waals surface area contributed by atoms with E-state index in [1.54, 1.807) is 18.7 Å². The first-order valence-corrected chi connectivity index (χ1v) is 6.02. The summed E-state index contributed by atoms with van der Waals surface area (Å²) in [5.41, 5.74) is 4.20. The van der Waals surface area contributed by atoms with Gasteiger partial charge in [0, 0.05) is 19.6 Å². The molecule has 1 fully saturated rings. The Balaban J connectivity index is 2.80. The molecule has 1 unspecified atom stereocenters. The molecule has 0 radical (unpaired) electrons. The molecule has 1 heterocycles. The summed E-state index contributed by atoms with van der Waals surface area (Å²) in [6.07, 6.45) is 1.08. The van der Waals surface area contributed by atoms with Gasteiger partial charge in [-0.15, -0.1) is 0 Å². The molecule has 1 amide bonds. The summed E-state index contributed by atoms with van der Waals surface area (Å²) in [6, 6.07) is 0. The number of nitrogens with two attached hydrogens (primary N) is 1. The number of carbonyl (C=O) groups excluding carboxylic acids is 1. The zero-order valence-corrected chi connectivity index (χ0v) is 10.8. The van der Waals surface area contributed by atoms with Crippen molar-refractivity contribution < 1.29 is 14.7 Å². The molecule has 5 nitrogen and oxygen atoms in total. The lowest BCUT2D eigenvalue weighted by Gasteiger charge is -2.29. The molecule has 5 heteroatoms. The highest BCUT2D eigenvalue weighted by molar-refractivity contribution is 5.84. The second kappa shape index (κ2) is 4.64. The molecule has 1 aliphatic rings. The summed E-state index contributed by atoms with van der Waals surface area (Å²) in [7, 11) is 0. The van der Waals surface area contributed by atoms with Crippen molar-refractivity contribution in [2.45, 2.75) is 33.6 Å². The maximum absolute atomic E-state index is 12.2. The van der Waals surface area contributed by atoms with Gasteiger partial charge in [0.1, 0.15) is 0 Å². The fourth-order valence-corrected chi connectivity index (χ4v) is 2.18. The van der Waals surface area contributed by atoms with Crippen LogP contribution in [-0.4, -0.2) is 41.5 Å². The van der Waals surface area contributed by atoms with Gasteiger partial charge in [0.05, 0.1) is 10.8 Å². The van der Waals surface area contributed by atoms with Crippen LogP contribution in [0.4, 0.5) is 0 Å². The molecule has 0 spiro atoms. The van der Waals surface area contributed by atoms with Crippen LogP contribution in [0.25, 0.3) is 0 Å². The number of amides is 1. The van der Waals surface area contributed by atoms with Crippen molar-refractivity contribution in [3.8, 4) is 0 Å². The average molecular weight is 242 g/mol. The van der Waals surface area contributed by atoms with E-state index in [4.69, 9.17) is 5.73 Å². The predicted octanol–water partition coefficient (Wildman–Crippen LogP) is 0.685. The molecule has 1 rings (SSSR count). The number of nitrogens with zero attached hydrogens (tertiary/aromatic N) is 1.